The van der Waals surface area contributed by atoms with Crippen molar-refractivity contribution in [2.75, 3.05) is 6.61 Å². The van der Waals surface area contributed by atoms with E-state index in [0.717, 1.165) is 5.56 Å². The molecule has 0 aliphatic rings. The molecule has 2 heterocycles. The van der Waals surface area contributed by atoms with Crippen molar-refractivity contribution in [3.05, 3.63) is 54.5 Å². The molecule has 8 nitrogen and oxygen atoms in total. The lowest BCUT2D eigenvalue weighted by Gasteiger charge is -2.16. The molecule has 2 unspecified atom stereocenters. The number of nitrogens with one attached hydrogen (secondary N) is 1. The summed E-state index contributed by atoms with van der Waals surface area (Å²) in [5.41, 5.74) is 0.820. The summed E-state index contributed by atoms with van der Waals surface area (Å²) in [4.78, 5) is 13.6. The number of aliphatic hydroxyl groups is 1. The van der Waals surface area contributed by atoms with E-state index in [1.54, 1.807) is 19.1 Å². The fourth-order valence-electron chi connectivity index (χ4n) is 2.19. The van der Waals surface area contributed by atoms with Crippen molar-refractivity contribution in [2.45, 2.75) is 19.0 Å². The molecule has 1 aromatic carbocycles. The quantitative estimate of drug-likeness (QED) is 0.708. The summed E-state index contributed by atoms with van der Waals surface area (Å²) in [5.74, 6) is 0.581. The molecule has 2 atom stereocenters. The second kappa shape index (κ2) is 7.05. The Hall–Kier alpha value is -3.00. The van der Waals surface area contributed by atoms with Gasteiger partial charge in [0, 0.05) is 5.56 Å². The molecule has 3 rings (SSSR count). The molecule has 0 aliphatic heterocycles. The van der Waals surface area contributed by atoms with Crippen molar-refractivity contribution < 1.29 is 14.3 Å². The number of aliphatic hydroxyl groups excluding tert-OH is 1. The van der Waals surface area contributed by atoms with Gasteiger partial charge in [-0.2, -0.15) is 4.80 Å². The monoisotopic (exact) mass is 327 g/mol. The van der Waals surface area contributed by atoms with Gasteiger partial charge in [0.2, 0.25) is 11.7 Å². The molecule has 24 heavy (non-hydrogen) atoms. The fourth-order valence-corrected chi connectivity index (χ4v) is 2.19. The lowest BCUT2D eigenvalue weighted by atomic mass is 10.2. The molecule has 0 saturated carbocycles. The van der Waals surface area contributed by atoms with Crippen molar-refractivity contribution >= 4 is 5.91 Å². The molecule has 2 aromatic heterocycles. The second-order valence-corrected chi connectivity index (χ2v) is 5.23. The number of tetrazole rings is 1. The van der Waals surface area contributed by atoms with Gasteiger partial charge in [-0.05, 0) is 24.3 Å². The summed E-state index contributed by atoms with van der Waals surface area (Å²) in [6.07, 6.45) is 1.48. The highest BCUT2D eigenvalue weighted by molar-refractivity contribution is 5.80. The minimum Gasteiger partial charge on any atom is -0.467 e. The van der Waals surface area contributed by atoms with Crippen LogP contribution in [0.2, 0.25) is 0 Å². The van der Waals surface area contributed by atoms with Crippen LogP contribution in [0, 0.1) is 0 Å². The third-order valence-corrected chi connectivity index (χ3v) is 3.57. The van der Waals surface area contributed by atoms with Gasteiger partial charge in [0.25, 0.3) is 0 Å². The SMILES string of the molecule is CC(C(=O)NC(CO)c1ccco1)n1nnc(-c2ccccc2)n1. The van der Waals surface area contributed by atoms with Crippen LogP contribution < -0.4 is 5.32 Å². The summed E-state index contributed by atoms with van der Waals surface area (Å²) in [5, 5.41) is 24.3. The predicted octanol–water partition coefficient (Wildman–Crippen LogP) is 1.34. The Morgan fingerprint density at radius 1 is 1.29 bits per heavy atom. The first-order valence-corrected chi connectivity index (χ1v) is 7.48. The first-order chi connectivity index (χ1) is 11.7. The average Bonchev–Trinajstić information content (AvgIpc) is 3.31. The molecule has 0 radical (unpaired) electrons. The van der Waals surface area contributed by atoms with E-state index in [2.05, 4.69) is 20.7 Å². The highest BCUT2D eigenvalue weighted by atomic mass is 16.3. The Morgan fingerprint density at radius 3 is 2.75 bits per heavy atom. The normalized spacial score (nSPS) is 13.4. The third-order valence-electron chi connectivity index (χ3n) is 3.57. The van der Waals surface area contributed by atoms with E-state index >= 15 is 0 Å². The van der Waals surface area contributed by atoms with Gasteiger partial charge in [-0.3, -0.25) is 4.79 Å². The molecule has 0 bridgehead atoms. The molecular weight excluding hydrogens is 310 g/mol. The van der Waals surface area contributed by atoms with Crippen molar-refractivity contribution in [2.24, 2.45) is 0 Å². The summed E-state index contributed by atoms with van der Waals surface area (Å²) >= 11 is 0. The van der Waals surface area contributed by atoms with E-state index in [9.17, 15) is 9.90 Å². The third kappa shape index (κ3) is 3.33. The van der Waals surface area contributed by atoms with Crippen LogP contribution in [0.3, 0.4) is 0 Å². The molecule has 0 spiro atoms. The van der Waals surface area contributed by atoms with Crippen LogP contribution in [-0.4, -0.2) is 37.8 Å². The lowest BCUT2D eigenvalue weighted by molar-refractivity contribution is -0.125. The fraction of sp³-hybridized carbons (Fsp3) is 0.250. The average molecular weight is 327 g/mol. The van der Waals surface area contributed by atoms with Crippen LogP contribution in [0.5, 0.6) is 0 Å². The van der Waals surface area contributed by atoms with E-state index in [0.29, 0.717) is 11.6 Å². The Labute approximate surface area is 138 Å². The summed E-state index contributed by atoms with van der Waals surface area (Å²) < 4.78 is 5.21. The number of hydrogen-bond donors (Lipinski definition) is 2. The smallest absolute Gasteiger partial charge is 0.247 e. The number of rotatable bonds is 6. The molecule has 1 amide bonds. The van der Waals surface area contributed by atoms with E-state index in [1.807, 2.05) is 30.3 Å². The van der Waals surface area contributed by atoms with Gasteiger partial charge in [0.1, 0.15) is 17.8 Å². The van der Waals surface area contributed by atoms with Crippen LogP contribution in [0.4, 0.5) is 0 Å². The topological polar surface area (TPSA) is 106 Å². The molecule has 124 valence electrons. The maximum Gasteiger partial charge on any atom is 0.247 e. The first-order valence-electron chi connectivity index (χ1n) is 7.48. The van der Waals surface area contributed by atoms with E-state index in [4.69, 9.17) is 4.42 Å². The number of aromatic nitrogens is 4. The van der Waals surface area contributed by atoms with E-state index < -0.39 is 12.1 Å². The van der Waals surface area contributed by atoms with Gasteiger partial charge in [-0.15, -0.1) is 10.2 Å². The summed E-state index contributed by atoms with van der Waals surface area (Å²) in [7, 11) is 0. The molecule has 0 fully saturated rings. The van der Waals surface area contributed by atoms with Crippen LogP contribution in [0.1, 0.15) is 24.8 Å². The Morgan fingerprint density at radius 2 is 2.08 bits per heavy atom. The van der Waals surface area contributed by atoms with E-state index in [1.165, 1.54) is 11.1 Å². The van der Waals surface area contributed by atoms with Gasteiger partial charge in [-0.25, -0.2) is 0 Å². The number of carbonyl (C=O) groups excluding carboxylic acids is 1. The predicted molar refractivity (Wildman–Crippen MR) is 84.6 cm³/mol. The number of furan rings is 1. The zero-order valence-electron chi connectivity index (χ0n) is 13.0. The second-order valence-electron chi connectivity index (χ2n) is 5.23. The summed E-state index contributed by atoms with van der Waals surface area (Å²) in [6.45, 7) is 1.38. The first kappa shape index (κ1) is 15.9. The molecule has 8 heteroatoms. The van der Waals surface area contributed by atoms with Crippen LogP contribution in [-0.2, 0) is 4.79 Å². The molecule has 2 N–H and O–H groups in total. The number of amides is 1. The van der Waals surface area contributed by atoms with Gasteiger partial charge in [0.05, 0.1) is 12.9 Å². The molecular formula is C16H17N5O3. The number of benzene rings is 1. The minimum absolute atomic E-state index is 0.272. The standard InChI is InChI=1S/C16H17N5O3/c1-11(16(23)17-13(10-22)14-8-5-9-24-14)21-19-15(18-20-21)12-6-3-2-4-7-12/h2-9,11,13,22H,10H2,1H3,(H,17,23). The largest absolute Gasteiger partial charge is 0.467 e. The Balaban J connectivity index is 1.71. The lowest BCUT2D eigenvalue weighted by Crippen LogP contribution is -2.36. The minimum atomic E-state index is -0.682. The zero-order valence-corrected chi connectivity index (χ0v) is 13.0. The highest BCUT2D eigenvalue weighted by Gasteiger charge is 2.23. The highest BCUT2D eigenvalue weighted by Crippen LogP contribution is 2.16. The zero-order chi connectivity index (χ0) is 16.9. The van der Waals surface area contributed by atoms with Crippen LogP contribution >= 0.6 is 0 Å². The molecule has 0 saturated heterocycles. The summed E-state index contributed by atoms with van der Waals surface area (Å²) in [6, 6.07) is 11.5. The van der Waals surface area contributed by atoms with Gasteiger partial charge in [-0.1, -0.05) is 30.3 Å². The van der Waals surface area contributed by atoms with Crippen molar-refractivity contribution in [3.63, 3.8) is 0 Å². The van der Waals surface area contributed by atoms with Crippen molar-refractivity contribution in [1.82, 2.24) is 25.5 Å². The van der Waals surface area contributed by atoms with Gasteiger partial charge < -0.3 is 14.8 Å². The maximum atomic E-state index is 12.4. The van der Waals surface area contributed by atoms with Gasteiger partial charge in [0.15, 0.2) is 0 Å². The number of nitrogens with zero attached hydrogens (tertiary/aromatic N) is 4. The number of carbonyl (C=O) groups is 1. The van der Waals surface area contributed by atoms with Crippen molar-refractivity contribution in [1.29, 1.82) is 0 Å². The number of hydrogen-bond acceptors (Lipinski definition) is 6. The molecule has 3 aromatic rings. The van der Waals surface area contributed by atoms with E-state index in [-0.39, 0.29) is 12.5 Å². The maximum absolute atomic E-state index is 12.4. The van der Waals surface area contributed by atoms with Crippen LogP contribution in [0.25, 0.3) is 11.4 Å². The van der Waals surface area contributed by atoms with Crippen LogP contribution in [0.15, 0.2) is 53.1 Å². The molecule has 0 aliphatic carbocycles. The Bertz CT molecular complexity index is 785. The van der Waals surface area contributed by atoms with Crippen molar-refractivity contribution in [3.8, 4) is 11.4 Å². The van der Waals surface area contributed by atoms with Gasteiger partial charge >= 0.3 is 0 Å². The Kier molecular flexibility index (Phi) is 4.66.